The molecule has 0 saturated carbocycles. The summed E-state index contributed by atoms with van der Waals surface area (Å²) in [6, 6.07) is 8.98. The zero-order valence-electron chi connectivity index (χ0n) is 11.4. The summed E-state index contributed by atoms with van der Waals surface area (Å²) in [5.41, 5.74) is 0.325. The summed E-state index contributed by atoms with van der Waals surface area (Å²) < 4.78 is 5.20. The summed E-state index contributed by atoms with van der Waals surface area (Å²) in [4.78, 5) is 22.2. The van der Waals surface area contributed by atoms with Gasteiger partial charge in [-0.25, -0.2) is 4.79 Å². The van der Waals surface area contributed by atoms with Crippen LogP contribution in [0.5, 0.6) is 0 Å². The average molecular weight is 261 g/mol. The Balaban J connectivity index is 2.79. The predicted octanol–water partition coefficient (Wildman–Crippen LogP) is 3.01. The molecule has 0 aliphatic rings. The van der Waals surface area contributed by atoms with E-state index in [1.165, 1.54) is 6.08 Å². The van der Waals surface area contributed by atoms with Gasteiger partial charge in [-0.2, -0.15) is 0 Å². The number of rotatable bonds is 4. The smallest absolute Gasteiger partial charge is 0.408 e. The molecule has 1 aromatic rings. The first-order chi connectivity index (χ1) is 8.92. The second-order valence-electron chi connectivity index (χ2n) is 5.06. The lowest BCUT2D eigenvalue weighted by Crippen LogP contribution is -2.34. The molecule has 0 aliphatic heterocycles. The molecule has 0 aromatic heterocycles. The van der Waals surface area contributed by atoms with Crippen molar-refractivity contribution in [2.24, 2.45) is 0 Å². The fourth-order valence-electron chi connectivity index (χ4n) is 1.49. The number of nitrogens with one attached hydrogen (secondary N) is 1. The van der Waals surface area contributed by atoms with Gasteiger partial charge in [0.1, 0.15) is 11.9 Å². The van der Waals surface area contributed by atoms with Gasteiger partial charge >= 0.3 is 6.09 Å². The number of benzene rings is 1. The van der Waals surface area contributed by atoms with Gasteiger partial charge in [0, 0.05) is 0 Å². The van der Waals surface area contributed by atoms with Crippen molar-refractivity contribution in [2.75, 3.05) is 0 Å². The molecule has 0 heterocycles. The third kappa shape index (κ3) is 5.86. The normalized spacial score (nSPS) is 13.0. The molecule has 102 valence electrons. The van der Waals surface area contributed by atoms with Crippen molar-refractivity contribution in [1.82, 2.24) is 5.32 Å². The van der Waals surface area contributed by atoms with Gasteiger partial charge in [-0.05, 0) is 32.4 Å². The second kappa shape index (κ2) is 6.73. The largest absolute Gasteiger partial charge is 0.444 e. The van der Waals surface area contributed by atoms with Gasteiger partial charge in [0.15, 0.2) is 0 Å². The predicted molar refractivity (Wildman–Crippen MR) is 73.8 cm³/mol. The van der Waals surface area contributed by atoms with Crippen LogP contribution in [0.3, 0.4) is 0 Å². The molecule has 1 rings (SSSR count). The highest BCUT2D eigenvalue weighted by Gasteiger charge is 2.18. The molecule has 19 heavy (non-hydrogen) atoms. The molecule has 1 amide bonds. The van der Waals surface area contributed by atoms with E-state index in [0.29, 0.717) is 6.29 Å². The van der Waals surface area contributed by atoms with Crippen LogP contribution in [0.1, 0.15) is 32.4 Å². The van der Waals surface area contributed by atoms with E-state index in [9.17, 15) is 9.59 Å². The number of allylic oxidation sites excluding steroid dienone is 1. The number of aldehydes is 1. The van der Waals surface area contributed by atoms with Crippen LogP contribution in [-0.2, 0) is 9.53 Å². The maximum atomic E-state index is 11.8. The first kappa shape index (κ1) is 15.0. The second-order valence-corrected chi connectivity index (χ2v) is 5.06. The standard InChI is InChI=1S/C15H19NO3/c1-15(2,3)19-14(18)16-13(10-7-11-17)12-8-5-4-6-9-12/h4-11,13H,1-3H3,(H,16,18)/b10-7+. The Kier molecular flexibility index (Phi) is 5.30. The summed E-state index contributed by atoms with van der Waals surface area (Å²) in [7, 11) is 0. The Morgan fingerprint density at radius 2 is 1.89 bits per heavy atom. The highest BCUT2D eigenvalue weighted by Crippen LogP contribution is 2.15. The summed E-state index contributed by atoms with van der Waals surface area (Å²) in [6.45, 7) is 5.39. The van der Waals surface area contributed by atoms with Crippen molar-refractivity contribution in [3.8, 4) is 0 Å². The van der Waals surface area contributed by atoms with Gasteiger partial charge < -0.3 is 10.1 Å². The highest BCUT2D eigenvalue weighted by atomic mass is 16.6. The van der Waals surface area contributed by atoms with Crippen molar-refractivity contribution in [3.05, 3.63) is 48.0 Å². The monoisotopic (exact) mass is 261 g/mol. The van der Waals surface area contributed by atoms with E-state index in [0.717, 1.165) is 5.56 Å². The molecule has 4 heteroatoms. The molecule has 1 N–H and O–H groups in total. The van der Waals surface area contributed by atoms with Crippen molar-refractivity contribution in [1.29, 1.82) is 0 Å². The fraction of sp³-hybridized carbons (Fsp3) is 0.333. The highest BCUT2D eigenvalue weighted by molar-refractivity contribution is 5.70. The third-order valence-electron chi connectivity index (χ3n) is 2.21. The molecule has 0 bridgehead atoms. The minimum Gasteiger partial charge on any atom is -0.444 e. The SMILES string of the molecule is CC(C)(C)OC(=O)NC(/C=C/C=O)c1ccccc1. The van der Waals surface area contributed by atoms with Gasteiger partial charge in [0.25, 0.3) is 0 Å². The molecule has 0 saturated heterocycles. The number of hydrogen-bond acceptors (Lipinski definition) is 3. The summed E-state index contributed by atoms with van der Waals surface area (Å²) in [5, 5.41) is 2.72. The molecule has 1 unspecified atom stereocenters. The van der Waals surface area contributed by atoms with Crippen molar-refractivity contribution in [2.45, 2.75) is 32.4 Å². The van der Waals surface area contributed by atoms with Crippen molar-refractivity contribution in [3.63, 3.8) is 0 Å². The minimum absolute atomic E-state index is 0.388. The topological polar surface area (TPSA) is 55.4 Å². The molecule has 1 atom stereocenters. The quantitative estimate of drug-likeness (QED) is 0.669. The van der Waals surface area contributed by atoms with E-state index < -0.39 is 11.7 Å². The number of hydrogen-bond donors (Lipinski definition) is 1. The van der Waals surface area contributed by atoms with E-state index in [1.54, 1.807) is 26.8 Å². The Labute approximate surface area is 113 Å². The van der Waals surface area contributed by atoms with Gasteiger partial charge in [0.2, 0.25) is 0 Å². The van der Waals surface area contributed by atoms with E-state index >= 15 is 0 Å². The van der Waals surface area contributed by atoms with Crippen LogP contribution in [0, 0.1) is 0 Å². The van der Waals surface area contributed by atoms with E-state index in [4.69, 9.17) is 4.74 Å². The fourth-order valence-corrected chi connectivity index (χ4v) is 1.49. The van der Waals surface area contributed by atoms with Crippen LogP contribution in [-0.4, -0.2) is 18.0 Å². The van der Waals surface area contributed by atoms with Crippen LogP contribution < -0.4 is 5.32 Å². The zero-order chi connectivity index (χ0) is 14.3. The zero-order valence-corrected chi connectivity index (χ0v) is 11.4. The average Bonchev–Trinajstić information content (AvgIpc) is 2.33. The molecule has 0 aliphatic carbocycles. The maximum absolute atomic E-state index is 11.8. The van der Waals surface area contributed by atoms with Gasteiger partial charge in [0.05, 0.1) is 6.04 Å². The maximum Gasteiger partial charge on any atom is 0.408 e. The van der Waals surface area contributed by atoms with Crippen LogP contribution in [0.15, 0.2) is 42.5 Å². The first-order valence-electron chi connectivity index (χ1n) is 6.09. The van der Waals surface area contributed by atoms with Gasteiger partial charge in [-0.1, -0.05) is 36.4 Å². The van der Waals surface area contributed by atoms with Crippen LogP contribution >= 0.6 is 0 Å². The van der Waals surface area contributed by atoms with E-state index in [2.05, 4.69) is 5.32 Å². The lowest BCUT2D eigenvalue weighted by Gasteiger charge is -2.22. The number of alkyl carbamates (subject to hydrolysis) is 1. The van der Waals surface area contributed by atoms with Gasteiger partial charge in [-0.3, -0.25) is 4.79 Å². The molecule has 0 radical (unpaired) electrons. The van der Waals surface area contributed by atoms with Crippen molar-refractivity contribution < 1.29 is 14.3 Å². The lowest BCUT2D eigenvalue weighted by molar-refractivity contribution is -0.104. The lowest BCUT2D eigenvalue weighted by atomic mass is 10.1. The molecular weight excluding hydrogens is 242 g/mol. The summed E-state index contributed by atoms with van der Waals surface area (Å²) in [6.07, 6.45) is 3.13. The van der Waals surface area contributed by atoms with Crippen molar-refractivity contribution >= 4 is 12.4 Å². The third-order valence-corrected chi connectivity index (χ3v) is 2.21. The van der Waals surface area contributed by atoms with Crippen LogP contribution in [0.25, 0.3) is 0 Å². The molecule has 4 nitrogen and oxygen atoms in total. The number of carbonyl (C=O) groups is 2. The molecule has 0 fully saturated rings. The first-order valence-corrected chi connectivity index (χ1v) is 6.09. The molecule has 0 spiro atoms. The van der Waals surface area contributed by atoms with E-state index in [-0.39, 0.29) is 6.04 Å². The molecular formula is C15H19NO3. The van der Waals surface area contributed by atoms with Crippen LogP contribution in [0.2, 0.25) is 0 Å². The Morgan fingerprint density at radius 1 is 1.26 bits per heavy atom. The molecule has 1 aromatic carbocycles. The van der Waals surface area contributed by atoms with Crippen LogP contribution in [0.4, 0.5) is 4.79 Å². The Morgan fingerprint density at radius 3 is 2.42 bits per heavy atom. The minimum atomic E-state index is -0.556. The Bertz CT molecular complexity index is 446. The number of carbonyl (C=O) groups excluding carboxylic acids is 2. The number of ether oxygens (including phenoxy) is 1. The number of amides is 1. The summed E-state index contributed by atoms with van der Waals surface area (Å²) in [5.74, 6) is 0. The Hall–Kier alpha value is -2.10. The van der Waals surface area contributed by atoms with E-state index in [1.807, 2.05) is 30.3 Å². The summed E-state index contributed by atoms with van der Waals surface area (Å²) >= 11 is 0. The van der Waals surface area contributed by atoms with Gasteiger partial charge in [-0.15, -0.1) is 0 Å².